The number of ether oxygens (including phenoxy) is 1. The van der Waals surface area contributed by atoms with Crippen LogP contribution in [0, 0.1) is 0 Å². The van der Waals surface area contributed by atoms with E-state index in [4.69, 9.17) is 4.74 Å². The maximum absolute atomic E-state index is 11.7. The van der Waals surface area contributed by atoms with E-state index in [1.54, 1.807) is 6.07 Å². The Hall–Kier alpha value is -1.88. The molecule has 0 spiro atoms. The van der Waals surface area contributed by atoms with Crippen molar-refractivity contribution in [2.24, 2.45) is 0 Å². The minimum absolute atomic E-state index is 0.336. The number of imidazole rings is 1. The van der Waals surface area contributed by atoms with Crippen molar-refractivity contribution in [3.63, 3.8) is 0 Å². The highest BCUT2D eigenvalue weighted by Crippen LogP contribution is 2.15. The summed E-state index contributed by atoms with van der Waals surface area (Å²) in [7, 11) is 1.40. The number of pyridine rings is 1. The van der Waals surface area contributed by atoms with Gasteiger partial charge in [-0.05, 0) is 38.1 Å². The Morgan fingerprint density at radius 2 is 2.10 bits per heavy atom. The lowest BCUT2D eigenvalue weighted by atomic mass is 10.1. The summed E-state index contributed by atoms with van der Waals surface area (Å²) >= 11 is 0. The number of methoxy groups -OCH3 is 1. The summed E-state index contributed by atoms with van der Waals surface area (Å²) in [6.07, 6.45) is 5.80. The molecule has 0 unspecified atom stereocenters. The zero-order chi connectivity index (χ0) is 13.9. The number of nitrogens with zero attached hydrogens (tertiary/aromatic N) is 3. The van der Waals surface area contributed by atoms with Gasteiger partial charge in [0.15, 0.2) is 0 Å². The molecule has 0 aliphatic carbocycles. The first-order valence-corrected chi connectivity index (χ1v) is 7.05. The van der Waals surface area contributed by atoms with Gasteiger partial charge >= 0.3 is 5.97 Å². The highest BCUT2D eigenvalue weighted by molar-refractivity contribution is 5.88. The second-order valence-corrected chi connectivity index (χ2v) is 5.20. The monoisotopic (exact) mass is 273 g/mol. The van der Waals surface area contributed by atoms with Crippen molar-refractivity contribution in [2.45, 2.75) is 25.8 Å². The van der Waals surface area contributed by atoms with Crippen molar-refractivity contribution >= 4 is 11.6 Å². The van der Waals surface area contributed by atoms with E-state index in [0.29, 0.717) is 5.69 Å². The third-order valence-corrected chi connectivity index (χ3v) is 3.77. The number of hydrogen-bond acceptors (Lipinski definition) is 4. The summed E-state index contributed by atoms with van der Waals surface area (Å²) in [5.41, 5.74) is 2.31. The summed E-state index contributed by atoms with van der Waals surface area (Å²) in [6.45, 7) is 3.12. The van der Waals surface area contributed by atoms with Crippen molar-refractivity contribution in [1.82, 2.24) is 14.3 Å². The Balaban J connectivity index is 1.88. The minimum Gasteiger partial charge on any atom is -0.464 e. The highest BCUT2D eigenvalue weighted by Gasteiger charge is 2.15. The average molecular weight is 273 g/mol. The van der Waals surface area contributed by atoms with Gasteiger partial charge in [-0.3, -0.25) is 9.30 Å². The third kappa shape index (κ3) is 2.54. The summed E-state index contributed by atoms with van der Waals surface area (Å²) in [5, 5.41) is 0. The Labute approximate surface area is 118 Å². The van der Waals surface area contributed by atoms with E-state index in [-0.39, 0.29) is 5.97 Å². The van der Waals surface area contributed by atoms with Gasteiger partial charge in [0.2, 0.25) is 0 Å². The fourth-order valence-electron chi connectivity index (χ4n) is 2.75. The lowest BCUT2D eigenvalue weighted by Crippen LogP contribution is -2.29. The molecule has 0 atom stereocenters. The summed E-state index contributed by atoms with van der Waals surface area (Å²) in [5.74, 6) is -0.336. The first kappa shape index (κ1) is 13.1. The van der Waals surface area contributed by atoms with Crippen molar-refractivity contribution in [3.8, 4) is 0 Å². The maximum atomic E-state index is 11.7. The SMILES string of the molecule is COC(=O)c1cccc2nc(CN3CCCCC3)cn12. The lowest BCUT2D eigenvalue weighted by Gasteiger charge is -2.25. The van der Waals surface area contributed by atoms with Gasteiger partial charge in [-0.25, -0.2) is 9.78 Å². The fraction of sp³-hybridized carbons (Fsp3) is 0.467. The maximum Gasteiger partial charge on any atom is 0.355 e. The van der Waals surface area contributed by atoms with Crippen LogP contribution in [0.5, 0.6) is 0 Å². The molecule has 0 radical (unpaired) electrons. The molecule has 0 aromatic carbocycles. The van der Waals surface area contributed by atoms with Crippen LogP contribution in [-0.4, -0.2) is 40.5 Å². The molecular weight excluding hydrogens is 254 g/mol. The zero-order valence-corrected chi connectivity index (χ0v) is 11.7. The van der Waals surface area contributed by atoms with Gasteiger partial charge in [0, 0.05) is 12.7 Å². The van der Waals surface area contributed by atoms with E-state index in [2.05, 4.69) is 9.88 Å². The Morgan fingerprint density at radius 1 is 1.30 bits per heavy atom. The molecule has 1 aliphatic rings. The van der Waals surface area contributed by atoms with E-state index < -0.39 is 0 Å². The molecule has 2 aromatic rings. The van der Waals surface area contributed by atoms with Crippen molar-refractivity contribution < 1.29 is 9.53 Å². The van der Waals surface area contributed by atoms with Crippen LogP contribution in [0.2, 0.25) is 0 Å². The Kier molecular flexibility index (Phi) is 3.69. The summed E-state index contributed by atoms with van der Waals surface area (Å²) in [4.78, 5) is 18.8. The number of carbonyl (C=O) groups is 1. The number of carbonyl (C=O) groups excluding carboxylic acids is 1. The van der Waals surface area contributed by atoms with Gasteiger partial charge in [-0.1, -0.05) is 12.5 Å². The molecule has 2 aromatic heterocycles. The quantitative estimate of drug-likeness (QED) is 0.804. The number of hydrogen-bond donors (Lipinski definition) is 0. The molecule has 106 valence electrons. The standard InChI is InChI=1S/C15H19N3O2/c1-20-15(19)13-6-5-7-14-16-12(11-18(13)14)10-17-8-3-2-4-9-17/h5-7,11H,2-4,8-10H2,1H3. The van der Waals surface area contributed by atoms with Crippen LogP contribution in [0.15, 0.2) is 24.4 Å². The molecule has 0 bridgehead atoms. The normalized spacial score (nSPS) is 16.4. The van der Waals surface area contributed by atoms with E-state index in [1.165, 1.54) is 26.4 Å². The van der Waals surface area contributed by atoms with Crippen molar-refractivity contribution in [1.29, 1.82) is 0 Å². The van der Waals surface area contributed by atoms with Gasteiger partial charge < -0.3 is 4.74 Å². The number of rotatable bonds is 3. The van der Waals surface area contributed by atoms with E-state index in [9.17, 15) is 4.79 Å². The smallest absolute Gasteiger partial charge is 0.355 e. The molecule has 3 heterocycles. The average Bonchev–Trinajstić information content (AvgIpc) is 2.89. The summed E-state index contributed by atoms with van der Waals surface area (Å²) in [6, 6.07) is 5.50. The number of piperidine rings is 1. The van der Waals surface area contributed by atoms with Crippen LogP contribution in [-0.2, 0) is 11.3 Å². The molecule has 1 aliphatic heterocycles. The third-order valence-electron chi connectivity index (χ3n) is 3.77. The molecule has 0 saturated carbocycles. The van der Waals surface area contributed by atoms with E-state index in [0.717, 1.165) is 31.0 Å². The predicted octanol–water partition coefficient (Wildman–Crippen LogP) is 2.11. The van der Waals surface area contributed by atoms with Crippen LogP contribution in [0.1, 0.15) is 35.4 Å². The zero-order valence-electron chi connectivity index (χ0n) is 11.7. The molecular formula is C15H19N3O2. The fourth-order valence-corrected chi connectivity index (χ4v) is 2.75. The van der Waals surface area contributed by atoms with Crippen LogP contribution < -0.4 is 0 Å². The predicted molar refractivity (Wildman–Crippen MR) is 75.7 cm³/mol. The van der Waals surface area contributed by atoms with Crippen LogP contribution in [0.25, 0.3) is 5.65 Å². The van der Waals surface area contributed by atoms with E-state index in [1.807, 2.05) is 22.7 Å². The first-order valence-electron chi connectivity index (χ1n) is 7.05. The number of aromatic nitrogens is 2. The molecule has 3 rings (SSSR count). The highest BCUT2D eigenvalue weighted by atomic mass is 16.5. The van der Waals surface area contributed by atoms with Gasteiger partial charge in [0.05, 0.1) is 12.8 Å². The number of esters is 1. The van der Waals surface area contributed by atoms with E-state index >= 15 is 0 Å². The number of fused-ring (bicyclic) bond motifs is 1. The molecule has 20 heavy (non-hydrogen) atoms. The van der Waals surface area contributed by atoms with Crippen molar-refractivity contribution in [2.75, 3.05) is 20.2 Å². The van der Waals surface area contributed by atoms with Gasteiger partial charge in [-0.15, -0.1) is 0 Å². The van der Waals surface area contributed by atoms with Gasteiger partial charge in [-0.2, -0.15) is 0 Å². The molecule has 1 saturated heterocycles. The lowest BCUT2D eigenvalue weighted by molar-refractivity contribution is 0.0592. The first-order chi connectivity index (χ1) is 9.78. The molecule has 0 amide bonds. The topological polar surface area (TPSA) is 46.8 Å². The summed E-state index contributed by atoms with van der Waals surface area (Å²) < 4.78 is 6.62. The van der Waals surface area contributed by atoms with Crippen molar-refractivity contribution in [3.05, 3.63) is 35.8 Å². The van der Waals surface area contributed by atoms with Gasteiger partial charge in [0.25, 0.3) is 0 Å². The Bertz CT molecular complexity index is 615. The van der Waals surface area contributed by atoms with Crippen LogP contribution >= 0.6 is 0 Å². The van der Waals surface area contributed by atoms with Crippen LogP contribution in [0.3, 0.4) is 0 Å². The van der Waals surface area contributed by atoms with Gasteiger partial charge in [0.1, 0.15) is 11.3 Å². The molecule has 5 nitrogen and oxygen atoms in total. The largest absolute Gasteiger partial charge is 0.464 e. The minimum atomic E-state index is -0.336. The van der Waals surface area contributed by atoms with Crippen LogP contribution in [0.4, 0.5) is 0 Å². The molecule has 0 N–H and O–H groups in total. The number of likely N-dealkylation sites (tertiary alicyclic amines) is 1. The molecule has 5 heteroatoms. The molecule has 1 fully saturated rings. The second kappa shape index (κ2) is 5.63. The second-order valence-electron chi connectivity index (χ2n) is 5.20. The Morgan fingerprint density at radius 3 is 2.85 bits per heavy atom.